The van der Waals surface area contributed by atoms with Crippen molar-refractivity contribution in [3.8, 4) is 11.5 Å². The molecule has 158 valence electrons. The molecule has 1 atom stereocenters. The summed E-state index contributed by atoms with van der Waals surface area (Å²) in [6.07, 6.45) is 3.15. The van der Waals surface area contributed by atoms with E-state index in [1.807, 2.05) is 11.0 Å². The molecule has 0 spiro atoms. The first-order chi connectivity index (χ1) is 15.1. The van der Waals surface area contributed by atoms with E-state index in [0.717, 1.165) is 18.9 Å². The van der Waals surface area contributed by atoms with Crippen molar-refractivity contribution >= 4 is 23.4 Å². The molecule has 0 aliphatic carbocycles. The molecule has 0 amide bonds. The topological polar surface area (TPSA) is 109 Å². The van der Waals surface area contributed by atoms with Gasteiger partial charge in [0.25, 0.3) is 0 Å². The first-order valence-electron chi connectivity index (χ1n) is 9.79. The second-order valence-corrected chi connectivity index (χ2v) is 7.26. The smallest absolute Gasteiger partial charge is 0.223 e. The lowest BCUT2D eigenvalue weighted by Crippen LogP contribution is -2.25. The zero-order valence-electron chi connectivity index (χ0n) is 16.3. The van der Waals surface area contributed by atoms with Gasteiger partial charge in [0.05, 0.1) is 12.3 Å². The normalized spacial score (nSPS) is 16.1. The highest BCUT2D eigenvalue weighted by Gasteiger charge is 2.30. The molecule has 0 bridgehead atoms. The van der Waals surface area contributed by atoms with Gasteiger partial charge in [-0.2, -0.15) is 15.1 Å². The second kappa shape index (κ2) is 7.71. The number of halogens is 2. The fraction of sp³-hybridized carbons (Fsp3) is 0.190. The lowest BCUT2D eigenvalue weighted by Gasteiger charge is -2.26. The van der Waals surface area contributed by atoms with E-state index >= 15 is 0 Å². The van der Waals surface area contributed by atoms with Crippen LogP contribution in [0.4, 0.5) is 32.2 Å². The summed E-state index contributed by atoms with van der Waals surface area (Å²) in [6.45, 7) is 0.669. The number of anilines is 4. The number of rotatable bonds is 5. The number of aromatic amines is 1. The van der Waals surface area contributed by atoms with Crippen LogP contribution in [0.5, 0.6) is 0 Å². The molecular weight excluding hydrogens is 404 g/mol. The van der Waals surface area contributed by atoms with E-state index in [2.05, 4.69) is 25.5 Å². The van der Waals surface area contributed by atoms with Gasteiger partial charge in [-0.25, -0.2) is 8.78 Å². The minimum Gasteiger partial charge on any atom is -0.463 e. The fourth-order valence-electron chi connectivity index (χ4n) is 3.87. The van der Waals surface area contributed by atoms with Crippen LogP contribution in [0, 0.1) is 11.6 Å². The molecule has 8 nitrogen and oxygen atoms in total. The molecule has 1 unspecified atom stereocenters. The van der Waals surface area contributed by atoms with Crippen molar-refractivity contribution in [2.45, 2.75) is 18.9 Å². The van der Waals surface area contributed by atoms with Gasteiger partial charge in [-0.05, 0) is 31.0 Å². The Labute approximate surface area is 176 Å². The van der Waals surface area contributed by atoms with Gasteiger partial charge in [0.15, 0.2) is 11.6 Å². The molecule has 4 heterocycles. The third-order valence-electron chi connectivity index (χ3n) is 5.22. The van der Waals surface area contributed by atoms with Crippen LogP contribution in [0.1, 0.15) is 24.4 Å². The van der Waals surface area contributed by atoms with Crippen molar-refractivity contribution in [2.24, 2.45) is 0 Å². The van der Waals surface area contributed by atoms with Crippen molar-refractivity contribution < 1.29 is 13.2 Å². The van der Waals surface area contributed by atoms with Crippen LogP contribution in [0.25, 0.3) is 11.5 Å². The maximum absolute atomic E-state index is 14.4. The van der Waals surface area contributed by atoms with Crippen LogP contribution in [-0.2, 0) is 0 Å². The predicted molar refractivity (Wildman–Crippen MR) is 112 cm³/mol. The first-order valence-corrected chi connectivity index (χ1v) is 9.79. The van der Waals surface area contributed by atoms with E-state index in [-0.39, 0.29) is 12.0 Å². The standard InChI is InChI=1S/C21H19F2N7O/c22-12-5-6-13(14(23)9-12)16-3-1-7-30(16)20-11-18(26-21(24)27-20)25-19-10-15(28-29-19)17-4-2-8-31-17/h2,4-6,8-11,16H,1,3,7H2,(H4,24,25,26,27,28,29). The van der Waals surface area contributed by atoms with E-state index in [1.165, 1.54) is 12.1 Å². The van der Waals surface area contributed by atoms with Crippen molar-refractivity contribution in [2.75, 3.05) is 22.5 Å². The molecule has 5 rings (SSSR count). The average Bonchev–Trinajstić information content (AvgIpc) is 3.49. The number of aromatic nitrogens is 4. The lowest BCUT2D eigenvalue weighted by molar-refractivity contribution is 0.553. The van der Waals surface area contributed by atoms with Gasteiger partial charge < -0.3 is 20.4 Å². The number of nitrogens with one attached hydrogen (secondary N) is 2. The highest BCUT2D eigenvalue weighted by Crippen LogP contribution is 2.37. The third kappa shape index (κ3) is 3.79. The van der Waals surface area contributed by atoms with Crippen molar-refractivity contribution in [3.05, 3.63) is 65.9 Å². The zero-order valence-corrected chi connectivity index (χ0v) is 16.3. The molecule has 1 saturated heterocycles. The van der Waals surface area contributed by atoms with E-state index in [1.54, 1.807) is 24.5 Å². The first kappa shape index (κ1) is 19.0. The average molecular weight is 423 g/mol. The summed E-state index contributed by atoms with van der Waals surface area (Å²) < 4.78 is 33.1. The highest BCUT2D eigenvalue weighted by atomic mass is 19.1. The summed E-state index contributed by atoms with van der Waals surface area (Å²) in [6, 6.07) is 10.5. The summed E-state index contributed by atoms with van der Waals surface area (Å²) >= 11 is 0. The Morgan fingerprint density at radius 3 is 2.84 bits per heavy atom. The summed E-state index contributed by atoms with van der Waals surface area (Å²) in [7, 11) is 0. The van der Waals surface area contributed by atoms with E-state index in [9.17, 15) is 8.78 Å². The largest absolute Gasteiger partial charge is 0.463 e. The molecule has 4 N–H and O–H groups in total. The zero-order chi connectivity index (χ0) is 21.4. The molecule has 1 aromatic carbocycles. The molecule has 1 fully saturated rings. The molecule has 0 radical (unpaired) electrons. The quantitative estimate of drug-likeness (QED) is 0.436. The van der Waals surface area contributed by atoms with Gasteiger partial charge in [0.2, 0.25) is 5.95 Å². The molecule has 4 aromatic rings. The maximum atomic E-state index is 14.4. The summed E-state index contributed by atoms with van der Waals surface area (Å²) in [5, 5.41) is 10.2. The molecule has 10 heteroatoms. The molecule has 1 aliphatic rings. The SMILES string of the molecule is Nc1nc(Nc2cc(-c3ccco3)[nH]n2)cc(N2CCCC2c2ccc(F)cc2F)n1. The summed E-state index contributed by atoms with van der Waals surface area (Å²) in [5.41, 5.74) is 7.08. The predicted octanol–water partition coefficient (Wildman–Crippen LogP) is 4.41. The molecule has 1 aliphatic heterocycles. The minimum absolute atomic E-state index is 0.0759. The highest BCUT2D eigenvalue weighted by molar-refractivity contribution is 5.64. The van der Waals surface area contributed by atoms with Crippen LogP contribution < -0.4 is 16.0 Å². The van der Waals surface area contributed by atoms with Crippen LogP contribution in [-0.4, -0.2) is 26.7 Å². The van der Waals surface area contributed by atoms with Crippen LogP contribution in [0.3, 0.4) is 0 Å². The molecule has 3 aromatic heterocycles. The molecular formula is C21H19F2N7O. The number of nitrogen functional groups attached to an aromatic ring is 1. The molecule has 31 heavy (non-hydrogen) atoms. The van der Waals surface area contributed by atoms with Gasteiger partial charge in [-0.1, -0.05) is 6.07 Å². The monoisotopic (exact) mass is 423 g/mol. The van der Waals surface area contributed by atoms with Gasteiger partial charge in [-0.15, -0.1) is 0 Å². The van der Waals surface area contributed by atoms with E-state index < -0.39 is 11.6 Å². The minimum atomic E-state index is -0.600. The van der Waals surface area contributed by atoms with E-state index in [4.69, 9.17) is 10.2 Å². The lowest BCUT2D eigenvalue weighted by atomic mass is 10.0. The Hall–Kier alpha value is -3.95. The number of hydrogen-bond acceptors (Lipinski definition) is 7. The van der Waals surface area contributed by atoms with Crippen LogP contribution >= 0.6 is 0 Å². The number of benzene rings is 1. The van der Waals surface area contributed by atoms with Crippen molar-refractivity contribution in [1.82, 2.24) is 20.2 Å². The number of H-pyrrole nitrogens is 1. The number of nitrogens with two attached hydrogens (primary N) is 1. The Balaban J connectivity index is 1.41. The van der Waals surface area contributed by atoms with Gasteiger partial charge >= 0.3 is 0 Å². The van der Waals surface area contributed by atoms with Crippen LogP contribution in [0.15, 0.2) is 53.1 Å². The van der Waals surface area contributed by atoms with Gasteiger partial charge in [-0.3, -0.25) is 5.10 Å². The van der Waals surface area contributed by atoms with Crippen molar-refractivity contribution in [3.63, 3.8) is 0 Å². The Bertz CT molecular complexity index is 1210. The Morgan fingerprint density at radius 2 is 2.03 bits per heavy atom. The van der Waals surface area contributed by atoms with Crippen molar-refractivity contribution in [1.29, 1.82) is 0 Å². The molecule has 0 saturated carbocycles. The number of furan rings is 1. The Morgan fingerprint density at radius 1 is 1.13 bits per heavy atom. The van der Waals surface area contributed by atoms with Crippen LogP contribution in [0.2, 0.25) is 0 Å². The van der Waals surface area contributed by atoms with E-state index in [0.29, 0.717) is 41.0 Å². The summed E-state index contributed by atoms with van der Waals surface area (Å²) in [4.78, 5) is 10.5. The maximum Gasteiger partial charge on any atom is 0.223 e. The third-order valence-corrected chi connectivity index (χ3v) is 5.22. The van der Waals surface area contributed by atoms with Gasteiger partial charge in [0.1, 0.15) is 29.0 Å². The Kier molecular flexibility index (Phi) is 4.73. The summed E-state index contributed by atoms with van der Waals surface area (Å²) in [5.74, 6) is 1.10. The second-order valence-electron chi connectivity index (χ2n) is 7.26. The fourth-order valence-corrected chi connectivity index (χ4v) is 3.87. The van der Waals surface area contributed by atoms with Gasteiger partial charge in [0, 0.05) is 30.3 Å². The number of hydrogen-bond donors (Lipinski definition) is 3. The number of nitrogens with zero attached hydrogens (tertiary/aromatic N) is 4.